The molecule has 3 rings (SSSR count). The molecule has 0 aliphatic rings. The minimum atomic E-state index is 0.0753. The van der Waals surface area contributed by atoms with E-state index in [1.165, 1.54) is 10.4 Å². The number of aryl methyl sites for hydroxylation is 1. The predicted molar refractivity (Wildman–Crippen MR) is 126 cm³/mol. The summed E-state index contributed by atoms with van der Waals surface area (Å²) in [5, 5.41) is 4.06. The van der Waals surface area contributed by atoms with Crippen molar-refractivity contribution in [2.24, 2.45) is 0 Å². The second kappa shape index (κ2) is 10.5. The van der Waals surface area contributed by atoms with Gasteiger partial charge in [-0.3, -0.25) is 4.79 Å². The molecule has 6 nitrogen and oxygen atoms in total. The van der Waals surface area contributed by atoms with Crippen LogP contribution in [0.15, 0.2) is 36.4 Å². The Morgan fingerprint density at radius 2 is 1.83 bits per heavy atom. The molecule has 7 heteroatoms. The molecule has 0 aliphatic carbocycles. The quantitative estimate of drug-likeness (QED) is 0.533. The minimum absolute atomic E-state index is 0.0753. The number of aromatic nitrogens is 2. The van der Waals surface area contributed by atoms with Crippen LogP contribution in [0.4, 0.5) is 5.82 Å². The predicted octanol–water partition coefficient (Wildman–Crippen LogP) is 3.95. The molecule has 1 N–H and O–H groups in total. The Bertz CT molecular complexity index is 968. The molecule has 1 aromatic carbocycles. The highest BCUT2D eigenvalue weighted by Gasteiger charge is 2.15. The van der Waals surface area contributed by atoms with E-state index >= 15 is 0 Å². The lowest BCUT2D eigenvalue weighted by atomic mass is 10.2. The number of rotatable bonds is 10. The lowest BCUT2D eigenvalue weighted by Crippen LogP contribution is -2.36. The third-order valence-electron chi connectivity index (χ3n) is 5.22. The van der Waals surface area contributed by atoms with E-state index in [9.17, 15) is 4.79 Å². The van der Waals surface area contributed by atoms with Crippen LogP contribution in [0.3, 0.4) is 0 Å². The number of nitrogens with one attached hydrogen (secondary N) is 1. The SMILES string of the molecule is CCN(CC)CCNC(=O)CCN(C)c1nc(C)nc2sc(-c3ccccc3)cc12. The Kier molecular flexibility index (Phi) is 7.76. The van der Waals surface area contributed by atoms with Crippen LogP contribution in [0.1, 0.15) is 26.1 Å². The second-order valence-corrected chi connectivity index (χ2v) is 8.37. The van der Waals surface area contributed by atoms with Crippen molar-refractivity contribution < 1.29 is 4.79 Å². The van der Waals surface area contributed by atoms with Crippen molar-refractivity contribution in [1.29, 1.82) is 0 Å². The van der Waals surface area contributed by atoms with E-state index in [0.717, 1.165) is 41.5 Å². The summed E-state index contributed by atoms with van der Waals surface area (Å²) in [6.07, 6.45) is 0.439. The summed E-state index contributed by atoms with van der Waals surface area (Å²) in [7, 11) is 1.99. The summed E-state index contributed by atoms with van der Waals surface area (Å²) in [6, 6.07) is 12.5. The van der Waals surface area contributed by atoms with Crippen molar-refractivity contribution in [2.45, 2.75) is 27.2 Å². The van der Waals surface area contributed by atoms with Crippen LogP contribution in [0, 0.1) is 6.92 Å². The molecule has 0 saturated heterocycles. The van der Waals surface area contributed by atoms with Crippen LogP contribution in [-0.2, 0) is 4.79 Å². The Morgan fingerprint density at radius 1 is 1.10 bits per heavy atom. The Morgan fingerprint density at radius 3 is 2.53 bits per heavy atom. The highest BCUT2D eigenvalue weighted by molar-refractivity contribution is 7.21. The Balaban J connectivity index is 1.66. The zero-order chi connectivity index (χ0) is 21.5. The standard InChI is InChI=1S/C23H31N5OS/c1-5-28(6-2)15-13-24-21(29)12-14-27(4)22-19-16-20(18-10-8-7-9-11-18)30-23(19)26-17(3)25-22/h7-11,16H,5-6,12-15H2,1-4H3,(H,24,29). The molecule has 0 atom stereocenters. The van der Waals surface area contributed by atoms with Crippen molar-refractivity contribution in [3.8, 4) is 10.4 Å². The van der Waals surface area contributed by atoms with Gasteiger partial charge in [-0.2, -0.15) is 0 Å². The van der Waals surface area contributed by atoms with Gasteiger partial charge in [0, 0.05) is 38.0 Å². The minimum Gasteiger partial charge on any atom is -0.359 e. The van der Waals surface area contributed by atoms with Gasteiger partial charge in [-0.15, -0.1) is 11.3 Å². The molecule has 0 aliphatic heterocycles. The first-order valence-electron chi connectivity index (χ1n) is 10.6. The lowest BCUT2D eigenvalue weighted by molar-refractivity contribution is -0.120. The Labute approximate surface area is 182 Å². The van der Waals surface area contributed by atoms with Crippen molar-refractivity contribution >= 4 is 33.3 Å². The number of hydrogen-bond acceptors (Lipinski definition) is 6. The van der Waals surface area contributed by atoms with Gasteiger partial charge in [0.15, 0.2) is 0 Å². The summed E-state index contributed by atoms with van der Waals surface area (Å²) in [6.45, 7) is 10.4. The normalized spacial score (nSPS) is 11.2. The maximum Gasteiger partial charge on any atom is 0.221 e. The molecule has 0 unspecified atom stereocenters. The monoisotopic (exact) mass is 425 g/mol. The zero-order valence-corrected chi connectivity index (χ0v) is 19.1. The summed E-state index contributed by atoms with van der Waals surface area (Å²) in [4.78, 5) is 28.1. The van der Waals surface area contributed by atoms with Gasteiger partial charge >= 0.3 is 0 Å². The maximum atomic E-state index is 12.3. The van der Waals surface area contributed by atoms with Gasteiger partial charge in [0.2, 0.25) is 5.91 Å². The van der Waals surface area contributed by atoms with Gasteiger partial charge in [0.1, 0.15) is 16.5 Å². The average Bonchev–Trinajstić information content (AvgIpc) is 3.19. The van der Waals surface area contributed by atoms with E-state index < -0.39 is 0 Å². The smallest absolute Gasteiger partial charge is 0.221 e. The number of carbonyl (C=O) groups is 1. The van der Waals surface area contributed by atoms with Crippen LogP contribution in [0.5, 0.6) is 0 Å². The molecule has 3 aromatic rings. The Hall–Kier alpha value is -2.51. The van der Waals surface area contributed by atoms with E-state index in [-0.39, 0.29) is 5.91 Å². The molecule has 0 spiro atoms. The number of nitrogens with zero attached hydrogens (tertiary/aromatic N) is 4. The number of fused-ring (bicyclic) bond motifs is 1. The third-order valence-corrected chi connectivity index (χ3v) is 6.30. The molecular weight excluding hydrogens is 394 g/mol. The summed E-state index contributed by atoms with van der Waals surface area (Å²) < 4.78 is 0. The summed E-state index contributed by atoms with van der Waals surface area (Å²) >= 11 is 1.68. The van der Waals surface area contributed by atoms with Gasteiger partial charge in [-0.1, -0.05) is 44.2 Å². The largest absolute Gasteiger partial charge is 0.359 e. The first kappa shape index (κ1) is 22.2. The van der Waals surface area contributed by atoms with Gasteiger partial charge in [-0.25, -0.2) is 9.97 Å². The van der Waals surface area contributed by atoms with E-state index in [0.29, 0.717) is 19.5 Å². The fraction of sp³-hybridized carbons (Fsp3) is 0.435. The highest BCUT2D eigenvalue weighted by Crippen LogP contribution is 2.36. The number of amides is 1. The molecule has 160 valence electrons. The van der Waals surface area contributed by atoms with E-state index in [1.807, 2.05) is 32.2 Å². The van der Waals surface area contributed by atoms with Crippen LogP contribution in [0.25, 0.3) is 20.7 Å². The van der Waals surface area contributed by atoms with Gasteiger partial charge in [0.25, 0.3) is 0 Å². The van der Waals surface area contributed by atoms with Gasteiger partial charge < -0.3 is 15.1 Å². The number of likely N-dealkylation sites (N-methyl/N-ethyl adjacent to an activating group) is 1. The molecule has 1 amide bonds. The van der Waals surface area contributed by atoms with Crippen LogP contribution in [-0.4, -0.2) is 60.5 Å². The number of thiophene rings is 1. The van der Waals surface area contributed by atoms with Crippen molar-refractivity contribution in [2.75, 3.05) is 44.7 Å². The highest BCUT2D eigenvalue weighted by atomic mass is 32.1. The van der Waals surface area contributed by atoms with E-state index in [2.05, 4.69) is 57.1 Å². The average molecular weight is 426 g/mol. The molecule has 0 fully saturated rings. The van der Waals surface area contributed by atoms with Gasteiger partial charge in [-0.05, 0) is 31.6 Å². The number of carbonyl (C=O) groups excluding carboxylic acids is 1. The number of hydrogen-bond donors (Lipinski definition) is 1. The fourth-order valence-corrected chi connectivity index (χ4v) is 4.48. The third kappa shape index (κ3) is 5.55. The fourth-order valence-electron chi connectivity index (χ4n) is 3.40. The van der Waals surface area contributed by atoms with E-state index in [4.69, 9.17) is 0 Å². The van der Waals surface area contributed by atoms with Crippen molar-refractivity contribution in [1.82, 2.24) is 20.2 Å². The van der Waals surface area contributed by atoms with Gasteiger partial charge in [0.05, 0.1) is 5.39 Å². The summed E-state index contributed by atoms with van der Waals surface area (Å²) in [5.74, 6) is 1.70. The lowest BCUT2D eigenvalue weighted by Gasteiger charge is -2.20. The van der Waals surface area contributed by atoms with Crippen LogP contribution in [0.2, 0.25) is 0 Å². The van der Waals surface area contributed by atoms with Crippen molar-refractivity contribution in [3.05, 3.63) is 42.2 Å². The molecular formula is C23H31N5OS. The zero-order valence-electron chi connectivity index (χ0n) is 18.3. The molecule has 30 heavy (non-hydrogen) atoms. The molecule has 2 heterocycles. The number of benzene rings is 1. The van der Waals surface area contributed by atoms with Crippen molar-refractivity contribution in [3.63, 3.8) is 0 Å². The van der Waals surface area contributed by atoms with Crippen LogP contribution < -0.4 is 10.2 Å². The second-order valence-electron chi connectivity index (χ2n) is 7.34. The first-order chi connectivity index (χ1) is 14.5. The molecule has 0 saturated carbocycles. The first-order valence-corrected chi connectivity index (χ1v) is 11.4. The molecule has 2 aromatic heterocycles. The van der Waals surface area contributed by atoms with Crippen LogP contribution >= 0.6 is 11.3 Å². The maximum absolute atomic E-state index is 12.3. The number of anilines is 1. The molecule has 0 radical (unpaired) electrons. The molecule has 0 bridgehead atoms. The summed E-state index contributed by atoms with van der Waals surface area (Å²) in [5.41, 5.74) is 1.18. The topological polar surface area (TPSA) is 61.4 Å². The van der Waals surface area contributed by atoms with E-state index in [1.54, 1.807) is 11.3 Å².